The molecule has 3 aromatic rings. The summed E-state index contributed by atoms with van der Waals surface area (Å²) in [6.07, 6.45) is 0. The molecule has 0 radical (unpaired) electrons. The first-order valence-electron chi connectivity index (χ1n) is 6.89. The van der Waals surface area contributed by atoms with Gasteiger partial charge in [-0.05, 0) is 46.3 Å². The van der Waals surface area contributed by atoms with E-state index in [9.17, 15) is 4.79 Å². The van der Waals surface area contributed by atoms with Gasteiger partial charge in [0.2, 0.25) is 5.55 Å². The molecule has 0 fully saturated rings. The Morgan fingerprint density at radius 2 is 2.00 bits per heavy atom. The number of carbonyl (C=O) groups excluding carboxylic acids is 1. The summed E-state index contributed by atoms with van der Waals surface area (Å²) in [5.41, 5.74) is 7.00. The maximum atomic E-state index is 11.8. The average molecular weight is 452 g/mol. The third-order valence-corrected chi connectivity index (χ3v) is 4.36. The number of benzene rings is 2. The summed E-state index contributed by atoms with van der Waals surface area (Å²) in [5, 5.41) is 0.731. The largest absolute Gasteiger partial charge is 0.497 e. The van der Waals surface area contributed by atoms with E-state index in [2.05, 4.69) is 36.9 Å². The smallest absolute Gasteiger partial charge is 0.254 e. The Hall–Kier alpha value is -2.12. The minimum Gasteiger partial charge on any atom is -0.497 e. The molecule has 122 valence electrons. The molecule has 0 atom stereocenters. The van der Waals surface area contributed by atoms with Gasteiger partial charge in [0, 0.05) is 15.9 Å². The predicted octanol–water partition coefficient (Wildman–Crippen LogP) is 4.30. The number of nitrogens with zero attached hydrogens (tertiary/aromatic N) is 1. The molecular formula is C17H12Br2N2O3. The molecule has 0 saturated heterocycles. The first-order chi connectivity index (χ1) is 11.5. The van der Waals surface area contributed by atoms with Crippen molar-refractivity contribution in [1.29, 1.82) is 0 Å². The van der Waals surface area contributed by atoms with E-state index in [0.717, 1.165) is 14.3 Å². The number of hydrogen-bond acceptors (Lipinski definition) is 4. The molecule has 0 unspecified atom stereocenters. The van der Waals surface area contributed by atoms with Gasteiger partial charge in [0.15, 0.2) is 5.58 Å². The third kappa shape index (κ3) is 3.37. The molecule has 24 heavy (non-hydrogen) atoms. The summed E-state index contributed by atoms with van der Waals surface area (Å²) in [6, 6.07) is 12.5. The quantitative estimate of drug-likeness (QED) is 0.644. The Labute approximate surface area is 154 Å². The van der Waals surface area contributed by atoms with Crippen molar-refractivity contribution in [2.45, 2.75) is 0 Å². The first-order valence-corrected chi connectivity index (χ1v) is 8.48. The maximum Gasteiger partial charge on any atom is 0.254 e. The molecule has 5 nitrogen and oxygen atoms in total. The van der Waals surface area contributed by atoms with Gasteiger partial charge >= 0.3 is 0 Å². The topological polar surface area (TPSA) is 77.8 Å². The van der Waals surface area contributed by atoms with Gasteiger partial charge in [0.05, 0.1) is 17.3 Å². The summed E-state index contributed by atoms with van der Waals surface area (Å²) in [4.78, 5) is 16.2. The van der Waals surface area contributed by atoms with Crippen LogP contribution in [0, 0.1) is 0 Å². The van der Waals surface area contributed by atoms with E-state index in [1.165, 1.54) is 0 Å². The van der Waals surface area contributed by atoms with Crippen LogP contribution in [0.2, 0.25) is 0 Å². The Balaban J connectivity index is 2.30. The van der Waals surface area contributed by atoms with Gasteiger partial charge in [-0.25, -0.2) is 4.99 Å². The van der Waals surface area contributed by atoms with Crippen LogP contribution in [-0.4, -0.2) is 13.0 Å². The molecule has 1 amide bonds. The van der Waals surface area contributed by atoms with Gasteiger partial charge in [-0.15, -0.1) is 0 Å². The Bertz CT molecular complexity index is 1010. The van der Waals surface area contributed by atoms with Gasteiger partial charge in [0.1, 0.15) is 11.3 Å². The summed E-state index contributed by atoms with van der Waals surface area (Å²) >= 11 is 6.86. The van der Waals surface area contributed by atoms with Crippen LogP contribution in [0.1, 0.15) is 10.4 Å². The zero-order chi connectivity index (χ0) is 17.3. The lowest BCUT2D eigenvalue weighted by molar-refractivity contribution is 0.0996. The zero-order valence-corrected chi connectivity index (χ0v) is 15.7. The number of primary amides is 1. The fourth-order valence-corrected chi connectivity index (χ4v) is 3.56. The van der Waals surface area contributed by atoms with E-state index < -0.39 is 5.91 Å². The molecule has 0 aliphatic rings. The lowest BCUT2D eigenvalue weighted by Crippen LogP contribution is -2.21. The molecule has 0 bridgehead atoms. The highest BCUT2D eigenvalue weighted by Crippen LogP contribution is 2.28. The van der Waals surface area contributed by atoms with Crippen molar-refractivity contribution in [1.82, 2.24) is 0 Å². The minimum absolute atomic E-state index is 0.145. The summed E-state index contributed by atoms with van der Waals surface area (Å²) in [5.74, 6) is 0.0427. The van der Waals surface area contributed by atoms with E-state index in [-0.39, 0.29) is 11.1 Å². The summed E-state index contributed by atoms with van der Waals surface area (Å²) in [7, 11) is 1.57. The van der Waals surface area contributed by atoms with Gasteiger partial charge < -0.3 is 14.9 Å². The lowest BCUT2D eigenvalue weighted by Gasteiger charge is -2.05. The van der Waals surface area contributed by atoms with Crippen LogP contribution in [0.15, 0.2) is 60.8 Å². The number of fused-ring (bicyclic) bond motifs is 1. The number of amides is 1. The van der Waals surface area contributed by atoms with Crippen LogP contribution in [0.3, 0.4) is 0 Å². The van der Waals surface area contributed by atoms with Crippen LogP contribution >= 0.6 is 31.9 Å². The predicted molar refractivity (Wildman–Crippen MR) is 98.3 cm³/mol. The molecule has 2 aromatic carbocycles. The van der Waals surface area contributed by atoms with Gasteiger partial charge in [-0.3, -0.25) is 4.79 Å². The van der Waals surface area contributed by atoms with Crippen molar-refractivity contribution in [3.8, 4) is 5.75 Å². The fraction of sp³-hybridized carbons (Fsp3) is 0.0588. The van der Waals surface area contributed by atoms with E-state index in [0.29, 0.717) is 17.0 Å². The van der Waals surface area contributed by atoms with Crippen LogP contribution < -0.4 is 16.0 Å². The normalized spacial score (nSPS) is 11.7. The minimum atomic E-state index is -0.613. The van der Waals surface area contributed by atoms with E-state index in [1.54, 1.807) is 37.4 Å². The monoisotopic (exact) mass is 450 g/mol. The average Bonchev–Trinajstić information content (AvgIpc) is 2.55. The molecule has 3 rings (SSSR count). The Morgan fingerprint density at radius 3 is 2.71 bits per heavy atom. The highest BCUT2D eigenvalue weighted by atomic mass is 79.9. The molecule has 1 aromatic heterocycles. The highest BCUT2D eigenvalue weighted by molar-refractivity contribution is 9.11. The van der Waals surface area contributed by atoms with Crippen LogP contribution in [-0.2, 0) is 0 Å². The van der Waals surface area contributed by atoms with Crippen LogP contribution in [0.25, 0.3) is 11.0 Å². The number of rotatable bonds is 3. The van der Waals surface area contributed by atoms with Gasteiger partial charge in [0.25, 0.3) is 5.91 Å². The van der Waals surface area contributed by atoms with E-state index >= 15 is 0 Å². The maximum absolute atomic E-state index is 11.8. The lowest BCUT2D eigenvalue weighted by atomic mass is 10.2. The summed E-state index contributed by atoms with van der Waals surface area (Å²) in [6.45, 7) is 0. The van der Waals surface area contributed by atoms with Gasteiger partial charge in [-0.1, -0.05) is 22.0 Å². The Kier molecular flexibility index (Phi) is 4.73. The molecule has 0 saturated carbocycles. The van der Waals surface area contributed by atoms with E-state index in [1.807, 2.05) is 12.1 Å². The molecule has 0 spiro atoms. The van der Waals surface area contributed by atoms with Crippen molar-refractivity contribution >= 4 is 54.4 Å². The third-order valence-electron chi connectivity index (χ3n) is 3.32. The number of halogens is 2. The van der Waals surface area contributed by atoms with Crippen molar-refractivity contribution < 1.29 is 13.9 Å². The second-order valence-corrected chi connectivity index (χ2v) is 6.72. The number of methoxy groups -OCH3 is 1. The molecule has 2 N–H and O–H groups in total. The van der Waals surface area contributed by atoms with Crippen molar-refractivity contribution in [2.75, 3.05) is 7.11 Å². The van der Waals surface area contributed by atoms with Crippen molar-refractivity contribution in [3.05, 3.63) is 62.5 Å². The second kappa shape index (κ2) is 6.78. The zero-order valence-electron chi connectivity index (χ0n) is 12.5. The van der Waals surface area contributed by atoms with E-state index in [4.69, 9.17) is 14.9 Å². The standard InChI is InChI=1S/C17H12Br2N2O3/c1-23-12-4-2-3-11(8-12)21-17-13(16(20)22)6-9-5-10(18)7-14(19)15(9)24-17/h2-8H,1H3,(H2,20,22). The molecular weight excluding hydrogens is 440 g/mol. The fourth-order valence-electron chi connectivity index (χ4n) is 2.22. The molecule has 0 aliphatic heterocycles. The Morgan fingerprint density at radius 1 is 1.21 bits per heavy atom. The van der Waals surface area contributed by atoms with Crippen LogP contribution in [0.4, 0.5) is 5.69 Å². The highest BCUT2D eigenvalue weighted by Gasteiger charge is 2.12. The number of carbonyl (C=O) groups is 1. The molecule has 1 heterocycles. The van der Waals surface area contributed by atoms with Crippen LogP contribution in [0.5, 0.6) is 5.75 Å². The van der Waals surface area contributed by atoms with Gasteiger partial charge in [-0.2, -0.15) is 0 Å². The number of hydrogen-bond donors (Lipinski definition) is 1. The summed E-state index contributed by atoms with van der Waals surface area (Å²) < 4.78 is 12.6. The molecule has 7 heteroatoms. The number of ether oxygens (including phenoxy) is 1. The van der Waals surface area contributed by atoms with Crippen molar-refractivity contribution in [2.24, 2.45) is 10.7 Å². The van der Waals surface area contributed by atoms with Crippen molar-refractivity contribution in [3.63, 3.8) is 0 Å². The number of nitrogens with two attached hydrogens (primary N) is 1. The first kappa shape index (κ1) is 16.7. The SMILES string of the molecule is COc1cccc(N=c2oc3c(Br)cc(Br)cc3cc2C(N)=O)c1. The second-order valence-electron chi connectivity index (χ2n) is 4.95. The molecule has 0 aliphatic carbocycles.